The number of nitrogens with zero attached hydrogens (tertiary/aromatic N) is 1. The minimum Gasteiger partial charge on any atom is -0.479 e. The highest BCUT2D eigenvalue weighted by Gasteiger charge is 2.36. The van der Waals surface area contributed by atoms with Gasteiger partial charge in [0.1, 0.15) is 0 Å². The van der Waals surface area contributed by atoms with E-state index in [0.717, 1.165) is 47.7 Å². The number of carboxylic acid groups (broad SMARTS) is 1. The molecule has 0 saturated heterocycles. The predicted octanol–water partition coefficient (Wildman–Crippen LogP) is 6.77. The van der Waals surface area contributed by atoms with Gasteiger partial charge in [-0.05, 0) is 107 Å². The molecule has 1 aliphatic heterocycles. The molecule has 0 spiro atoms. The Morgan fingerprint density at radius 3 is 2.29 bits per heavy atom. The first-order valence-electron chi connectivity index (χ1n) is 12.8. The fourth-order valence-corrected chi connectivity index (χ4v) is 6.07. The van der Waals surface area contributed by atoms with Crippen LogP contribution in [0.15, 0.2) is 24.3 Å². The first-order valence-corrected chi connectivity index (χ1v) is 12.8. The van der Waals surface area contributed by atoms with Gasteiger partial charge in [0.2, 0.25) is 0 Å². The molecule has 34 heavy (non-hydrogen) atoms. The average molecular weight is 464 g/mol. The third kappa shape index (κ3) is 4.94. The number of rotatable bonds is 5. The van der Waals surface area contributed by atoms with Crippen LogP contribution in [0.4, 0.5) is 0 Å². The van der Waals surface area contributed by atoms with Crippen LogP contribution in [0.2, 0.25) is 0 Å². The average Bonchev–Trinajstić information content (AvgIpc) is 3.20. The molecule has 0 radical (unpaired) electrons. The van der Waals surface area contributed by atoms with Gasteiger partial charge in [0.05, 0.1) is 5.60 Å². The van der Waals surface area contributed by atoms with E-state index in [1.54, 1.807) is 0 Å². The molecule has 1 fully saturated rings. The summed E-state index contributed by atoms with van der Waals surface area (Å²) in [4.78, 5) is 15.2. The zero-order chi connectivity index (χ0) is 24.8. The van der Waals surface area contributed by atoms with Crippen LogP contribution in [0.1, 0.15) is 86.4 Å². The van der Waals surface area contributed by atoms with Gasteiger partial charge >= 0.3 is 5.97 Å². The number of aliphatic carboxylic acids is 1. The molecule has 4 heteroatoms. The highest BCUT2D eigenvalue weighted by molar-refractivity contribution is 5.84. The summed E-state index contributed by atoms with van der Waals surface area (Å²) in [7, 11) is 0. The molecule has 2 aliphatic rings. The fourth-order valence-electron chi connectivity index (χ4n) is 6.07. The summed E-state index contributed by atoms with van der Waals surface area (Å²) < 4.78 is 6.20. The van der Waals surface area contributed by atoms with Gasteiger partial charge in [0.25, 0.3) is 0 Å². The lowest BCUT2D eigenvalue weighted by Gasteiger charge is -2.38. The normalized spacial score (nSPS) is 22.0. The minimum absolute atomic E-state index is 0.570. The zero-order valence-corrected chi connectivity index (χ0v) is 22.0. The molecule has 3 atom stereocenters. The van der Waals surface area contributed by atoms with Crippen molar-refractivity contribution in [2.45, 2.75) is 98.4 Å². The van der Waals surface area contributed by atoms with E-state index in [2.05, 4.69) is 56.9 Å². The van der Waals surface area contributed by atoms with Crippen molar-refractivity contribution in [3.05, 3.63) is 57.6 Å². The molecule has 0 amide bonds. The third-order valence-electron chi connectivity index (χ3n) is 7.81. The van der Waals surface area contributed by atoms with Crippen molar-refractivity contribution in [1.29, 1.82) is 0 Å². The number of hydrogen-bond acceptors (Lipinski definition) is 3. The van der Waals surface area contributed by atoms with Gasteiger partial charge in [0.15, 0.2) is 6.10 Å². The molecule has 0 bridgehead atoms. The molecule has 1 saturated carbocycles. The highest BCUT2D eigenvalue weighted by Crippen LogP contribution is 2.43. The summed E-state index contributed by atoms with van der Waals surface area (Å²) in [6.45, 7) is 16.5. The van der Waals surface area contributed by atoms with E-state index in [0.29, 0.717) is 6.04 Å². The second kappa shape index (κ2) is 9.47. The van der Waals surface area contributed by atoms with Crippen LogP contribution < -0.4 is 0 Å². The van der Waals surface area contributed by atoms with Gasteiger partial charge in [-0.3, -0.25) is 4.90 Å². The smallest absolute Gasteiger partial charge is 0.337 e. The molecule has 1 aliphatic carbocycles. The number of ether oxygens (including phenoxy) is 1. The van der Waals surface area contributed by atoms with E-state index in [1.165, 1.54) is 41.5 Å². The molecule has 4 rings (SSSR count). The molecule has 2 aromatic carbocycles. The summed E-state index contributed by atoms with van der Waals surface area (Å²) in [6.07, 6.45) is 3.86. The van der Waals surface area contributed by atoms with Crippen LogP contribution in [-0.4, -0.2) is 34.2 Å². The van der Waals surface area contributed by atoms with Crippen molar-refractivity contribution in [3.63, 3.8) is 0 Å². The first kappa shape index (κ1) is 24.9. The number of fused-ring (bicyclic) bond motifs is 1. The van der Waals surface area contributed by atoms with Crippen LogP contribution >= 0.6 is 0 Å². The Balaban J connectivity index is 1.89. The van der Waals surface area contributed by atoms with E-state index in [4.69, 9.17) is 4.74 Å². The van der Waals surface area contributed by atoms with Crippen molar-refractivity contribution < 1.29 is 14.6 Å². The standard InChI is InChI=1S/C30H41NO3/c1-18-8-11-22(12-9-18)26-21(4)25-17-31(23-13-10-19(2)16-23)15-14-24(25)20(3)27(26)28(29(32)33)34-30(5,6)7/h8-9,11-12,19,23,28H,10,13-17H2,1-7H3,(H,32,33)/t19-,23?,28?/m1/s1. The summed E-state index contributed by atoms with van der Waals surface area (Å²) in [5.74, 6) is -0.117. The summed E-state index contributed by atoms with van der Waals surface area (Å²) >= 11 is 0. The lowest BCUT2D eigenvalue weighted by molar-refractivity contribution is -0.160. The zero-order valence-electron chi connectivity index (χ0n) is 22.0. The Morgan fingerprint density at radius 1 is 1.06 bits per heavy atom. The Labute approximate surface area is 205 Å². The van der Waals surface area contributed by atoms with Gasteiger partial charge in [-0.25, -0.2) is 4.79 Å². The van der Waals surface area contributed by atoms with Crippen molar-refractivity contribution in [1.82, 2.24) is 4.90 Å². The van der Waals surface area contributed by atoms with Crippen LogP contribution in [0.3, 0.4) is 0 Å². The number of benzene rings is 2. The topological polar surface area (TPSA) is 49.8 Å². The Kier molecular flexibility index (Phi) is 6.94. The van der Waals surface area contributed by atoms with E-state index >= 15 is 0 Å². The highest BCUT2D eigenvalue weighted by atomic mass is 16.5. The number of carboxylic acids is 1. The van der Waals surface area contributed by atoms with Crippen molar-refractivity contribution >= 4 is 5.97 Å². The monoisotopic (exact) mass is 463 g/mol. The molecule has 4 nitrogen and oxygen atoms in total. The molecule has 184 valence electrons. The second-order valence-electron chi connectivity index (χ2n) is 11.6. The molecule has 1 heterocycles. The molecule has 1 N–H and O–H groups in total. The predicted molar refractivity (Wildman–Crippen MR) is 138 cm³/mol. The van der Waals surface area contributed by atoms with Gasteiger partial charge < -0.3 is 9.84 Å². The van der Waals surface area contributed by atoms with Crippen LogP contribution in [-0.2, 0) is 22.5 Å². The number of hydrogen-bond donors (Lipinski definition) is 1. The number of aryl methyl sites for hydroxylation is 1. The van der Waals surface area contributed by atoms with Crippen LogP contribution in [0.25, 0.3) is 11.1 Å². The maximum atomic E-state index is 12.6. The van der Waals surface area contributed by atoms with Gasteiger partial charge in [0, 0.05) is 24.7 Å². The van der Waals surface area contributed by atoms with Crippen LogP contribution in [0.5, 0.6) is 0 Å². The van der Waals surface area contributed by atoms with Crippen molar-refractivity contribution in [3.8, 4) is 11.1 Å². The fraction of sp³-hybridized carbons (Fsp3) is 0.567. The maximum Gasteiger partial charge on any atom is 0.337 e. The van der Waals surface area contributed by atoms with E-state index in [1.807, 2.05) is 20.8 Å². The van der Waals surface area contributed by atoms with Gasteiger partial charge in [-0.15, -0.1) is 0 Å². The molecular weight excluding hydrogens is 422 g/mol. The Bertz CT molecular complexity index is 1060. The Morgan fingerprint density at radius 2 is 1.74 bits per heavy atom. The van der Waals surface area contributed by atoms with Gasteiger partial charge in [-0.2, -0.15) is 0 Å². The lowest BCUT2D eigenvalue weighted by Crippen LogP contribution is -2.39. The van der Waals surface area contributed by atoms with Crippen LogP contribution in [0, 0.1) is 26.7 Å². The van der Waals surface area contributed by atoms with Crippen molar-refractivity contribution in [2.24, 2.45) is 5.92 Å². The lowest BCUT2D eigenvalue weighted by atomic mass is 9.80. The third-order valence-corrected chi connectivity index (χ3v) is 7.81. The second-order valence-corrected chi connectivity index (χ2v) is 11.6. The quantitative estimate of drug-likeness (QED) is 0.532. The Hall–Kier alpha value is -2.17. The minimum atomic E-state index is -1.01. The van der Waals surface area contributed by atoms with Crippen molar-refractivity contribution in [2.75, 3.05) is 6.54 Å². The molecule has 2 unspecified atom stereocenters. The van der Waals surface area contributed by atoms with E-state index in [-0.39, 0.29) is 0 Å². The first-order chi connectivity index (χ1) is 16.0. The molecule has 0 aromatic heterocycles. The molecular formula is C30H41NO3. The molecule has 2 aromatic rings. The van der Waals surface area contributed by atoms with E-state index < -0.39 is 17.7 Å². The summed E-state index contributed by atoms with van der Waals surface area (Å²) in [5.41, 5.74) is 8.57. The largest absolute Gasteiger partial charge is 0.479 e. The summed E-state index contributed by atoms with van der Waals surface area (Å²) in [6, 6.07) is 9.14. The van der Waals surface area contributed by atoms with Gasteiger partial charge in [-0.1, -0.05) is 36.8 Å². The SMILES string of the molecule is Cc1ccc(-c2c(C)c3c(c(C)c2C(OC(C)(C)C)C(=O)O)CCN(C2CC[C@@H](C)C2)C3)cc1. The maximum absolute atomic E-state index is 12.6. The van der Waals surface area contributed by atoms with E-state index in [9.17, 15) is 9.90 Å². The summed E-state index contributed by atoms with van der Waals surface area (Å²) in [5, 5.41) is 10.3. The number of carbonyl (C=O) groups is 1.